The van der Waals surface area contributed by atoms with Crippen LogP contribution in [0, 0.1) is 6.92 Å². The molecular weight excluding hydrogens is 434 g/mol. The molecule has 0 N–H and O–H groups in total. The Morgan fingerprint density at radius 1 is 1.23 bits per heavy atom. The SMILES string of the molecule is COc1ccc(C(=O)N(CCCN2CCOCC2)c2nc3c(C)c(Cl)ccc3s2)cc1. The number of anilines is 1. The lowest BCUT2D eigenvalue weighted by molar-refractivity contribution is 0.0376. The number of halogens is 1. The highest BCUT2D eigenvalue weighted by Gasteiger charge is 2.22. The van der Waals surface area contributed by atoms with E-state index in [4.69, 9.17) is 26.1 Å². The fourth-order valence-electron chi connectivity index (χ4n) is 3.65. The van der Waals surface area contributed by atoms with E-state index in [0.717, 1.165) is 60.8 Å². The van der Waals surface area contributed by atoms with Gasteiger partial charge in [-0.1, -0.05) is 22.9 Å². The van der Waals surface area contributed by atoms with Crippen LogP contribution >= 0.6 is 22.9 Å². The van der Waals surface area contributed by atoms with Gasteiger partial charge in [0.2, 0.25) is 0 Å². The van der Waals surface area contributed by atoms with E-state index in [-0.39, 0.29) is 5.91 Å². The minimum absolute atomic E-state index is 0.0626. The third kappa shape index (κ3) is 5.01. The monoisotopic (exact) mass is 459 g/mol. The van der Waals surface area contributed by atoms with Crippen molar-refractivity contribution >= 4 is 44.2 Å². The molecule has 0 atom stereocenters. The number of ether oxygens (including phenoxy) is 2. The lowest BCUT2D eigenvalue weighted by atomic mass is 10.2. The first-order chi connectivity index (χ1) is 15.1. The molecule has 4 rings (SSSR count). The van der Waals surface area contributed by atoms with Crippen LogP contribution < -0.4 is 9.64 Å². The van der Waals surface area contributed by atoms with Crippen molar-refractivity contribution in [1.29, 1.82) is 0 Å². The largest absolute Gasteiger partial charge is 0.497 e. The zero-order chi connectivity index (χ0) is 21.8. The number of hydrogen-bond donors (Lipinski definition) is 0. The first kappa shape index (κ1) is 22.0. The first-order valence-electron chi connectivity index (χ1n) is 10.4. The molecule has 6 nitrogen and oxygen atoms in total. The van der Waals surface area contributed by atoms with Gasteiger partial charge >= 0.3 is 0 Å². The number of carbonyl (C=O) groups excluding carboxylic acids is 1. The molecule has 31 heavy (non-hydrogen) atoms. The molecule has 1 aromatic heterocycles. The van der Waals surface area contributed by atoms with E-state index >= 15 is 0 Å². The van der Waals surface area contributed by atoms with Gasteiger partial charge in [-0.05, 0) is 55.3 Å². The summed E-state index contributed by atoms with van der Waals surface area (Å²) >= 11 is 7.81. The van der Waals surface area contributed by atoms with Gasteiger partial charge in [0.25, 0.3) is 5.91 Å². The number of aryl methyl sites for hydroxylation is 1. The predicted molar refractivity (Wildman–Crippen MR) is 126 cm³/mol. The second-order valence-corrected chi connectivity index (χ2v) is 8.92. The second-order valence-electron chi connectivity index (χ2n) is 7.51. The highest BCUT2D eigenvalue weighted by atomic mass is 35.5. The zero-order valence-electron chi connectivity index (χ0n) is 17.8. The number of carbonyl (C=O) groups is 1. The van der Waals surface area contributed by atoms with Crippen molar-refractivity contribution in [3.8, 4) is 5.75 Å². The maximum absolute atomic E-state index is 13.4. The molecule has 1 fully saturated rings. The lowest BCUT2D eigenvalue weighted by Crippen LogP contribution is -2.39. The van der Waals surface area contributed by atoms with Crippen molar-refractivity contribution in [2.75, 3.05) is 51.4 Å². The number of methoxy groups -OCH3 is 1. The van der Waals surface area contributed by atoms with E-state index in [1.807, 2.05) is 19.1 Å². The number of nitrogens with zero attached hydrogens (tertiary/aromatic N) is 3. The van der Waals surface area contributed by atoms with E-state index in [1.165, 1.54) is 11.3 Å². The summed E-state index contributed by atoms with van der Waals surface area (Å²) in [5.41, 5.74) is 2.40. The molecule has 2 aromatic carbocycles. The fraction of sp³-hybridized carbons (Fsp3) is 0.391. The van der Waals surface area contributed by atoms with Crippen LogP contribution in [-0.2, 0) is 4.74 Å². The normalized spacial score (nSPS) is 14.7. The summed E-state index contributed by atoms with van der Waals surface area (Å²) in [7, 11) is 1.61. The number of thiazole rings is 1. The molecule has 0 saturated carbocycles. The number of aromatic nitrogens is 1. The van der Waals surface area contributed by atoms with Crippen molar-refractivity contribution in [2.24, 2.45) is 0 Å². The summed E-state index contributed by atoms with van der Waals surface area (Å²) in [5, 5.41) is 1.38. The van der Waals surface area contributed by atoms with Crippen LogP contribution in [0.3, 0.4) is 0 Å². The molecule has 0 unspecified atom stereocenters. The van der Waals surface area contributed by atoms with Gasteiger partial charge in [-0.25, -0.2) is 4.98 Å². The molecule has 3 aromatic rings. The van der Waals surface area contributed by atoms with Crippen LogP contribution in [-0.4, -0.2) is 62.3 Å². The zero-order valence-corrected chi connectivity index (χ0v) is 19.3. The standard InChI is InChI=1S/C23H26ClN3O3S/c1-16-19(24)8-9-20-21(16)25-23(31-20)27(11-3-10-26-12-14-30-15-13-26)22(28)17-4-6-18(29-2)7-5-17/h4-9H,3,10-15H2,1-2H3. The molecule has 1 aliphatic rings. The lowest BCUT2D eigenvalue weighted by Gasteiger charge is -2.27. The molecule has 1 aliphatic heterocycles. The summed E-state index contributed by atoms with van der Waals surface area (Å²) in [6, 6.07) is 11.1. The summed E-state index contributed by atoms with van der Waals surface area (Å²) in [6.45, 7) is 6.89. The van der Waals surface area contributed by atoms with Crippen molar-refractivity contribution in [1.82, 2.24) is 9.88 Å². The molecule has 0 bridgehead atoms. The van der Waals surface area contributed by atoms with Gasteiger partial charge in [-0.15, -0.1) is 0 Å². The van der Waals surface area contributed by atoms with E-state index in [0.29, 0.717) is 22.3 Å². The van der Waals surface area contributed by atoms with Gasteiger partial charge < -0.3 is 9.47 Å². The van der Waals surface area contributed by atoms with Crippen LogP contribution in [0.5, 0.6) is 5.75 Å². The van der Waals surface area contributed by atoms with Crippen molar-refractivity contribution in [3.63, 3.8) is 0 Å². The molecular formula is C23H26ClN3O3S. The third-order valence-corrected chi connectivity index (χ3v) is 6.96. The molecule has 0 spiro atoms. The fourth-order valence-corrected chi connectivity index (χ4v) is 4.86. The average Bonchev–Trinajstić information content (AvgIpc) is 3.24. The second kappa shape index (κ2) is 9.96. The Kier molecular flexibility index (Phi) is 7.07. The molecule has 8 heteroatoms. The van der Waals surface area contributed by atoms with Gasteiger partial charge in [-0.3, -0.25) is 14.6 Å². The van der Waals surface area contributed by atoms with Gasteiger partial charge in [0.15, 0.2) is 5.13 Å². The number of hydrogen-bond acceptors (Lipinski definition) is 6. The third-order valence-electron chi connectivity index (χ3n) is 5.51. The minimum Gasteiger partial charge on any atom is -0.497 e. The Labute approximate surface area is 191 Å². The highest BCUT2D eigenvalue weighted by Crippen LogP contribution is 2.34. The number of fused-ring (bicyclic) bond motifs is 1. The quantitative estimate of drug-likeness (QED) is 0.515. The Balaban J connectivity index is 1.59. The maximum atomic E-state index is 13.4. The van der Waals surface area contributed by atoms with Crippen molar-refractivity contribution < 1.29 is 14.3 Å². The molecule has 2 heterocycles. The molecule has 164 valence electrons. The Bertz CT molecular complexity index is 1050. The van der Waals surface area contributed by atoms with E-state index in [1.54, 1.807) is 36.3 Å². The summed E-state index contributed by atoms with van der Waals surface area (Å²) in [6.07, 6.45) is 0.859. The van der Waals surface area contributed by atoms with Gasteiger partial charge in [0.05, 0.1) is 30.5 Å². The topological polar surface area (TPSA) is 54.9 Å². The van der Waals surface area contributed by atoms with Gasteiger partial charge in [0.1, 0.15) is 5.75 Å². The molecule has 1 saturated heterocycles. The molecule has 1 amide bonds. The van der Waals surface area contributed by atoms with Crippen molar-refractivity contribution in [3.05, 3.63) is 52.5 Å². The van der Waals surface area contributed by atoms with Crippen LogP contribution in [0.4, 0.5) is 5.13 Å². The smallest absolute Gasteiger partial charge is 0.260 e. The highest BCUT2D eigenvalue weighted by molar-refractivity contribution is 7.22. The maximum Gasteiger partial charge on any atom is 0.260 e. The van der Waals surface area contributed by atoms with Crippen LogP contribution in [0.2, 0.25) is 5.02 Å². The number of amides is 1. The van der Waals surface area contributed by atoms with E-state index in [9.17, 15) is 4.79 Å². The minimum atomic E-state index is -0.0626. The molecule has 0 radical (unpaired) electrons. The summed E-state index contributed by atoms with van der Waals surface area (Å²) in [4.78, 5) is 22.4. The first-order valence-corrected chi connectivity index (χ1v) is 11.6. The number of benzene rings is 2. The van der Waals surface area contributed by atoms with E-state index < -0.39 is 0 Å². The van der Waals surface area contributed by atoms with Crippen molar-refractivity contribution in [2.45, 2.75) is 13.3 Å². The van der Waals surface area contributed by atoms with Gasteiger partial charge in [0, 0.05) is 36.8 Å². The molecule has 0 aliphatic carbocycles. The Morgan fingerprint density at radius 2 is 1.97 bits per heavy atom. The number of morpholine rings is 1. The van der Waals surface area contributed by atoms with Crippen LogP contribution in [0.15, 0.2) is 36.4 Å². The average molecular weight is 460 g/mol. The summed E-state index contributed by atoms with van der Waals surface area (Å²) in [5.74, 6) is 0.660. The summed E-state index contributed by atoms with van der Waals surface area (Å²) < 4.78 is 11.7. The Morgan fingerprint density at radius 3 is 2.68 bits per heavy atom. The Hall–Kier alpha value is -2.19. The van der Waals surface area contributed by atoms with E-state index in [2.05, 4.69) is 4.90 Å². The van der Waals surface area contributed by atoms with Crippen LogP contribution in [0.25, 0.3) is 10.2 Å². The van der Waals surface area contributed by atoms with Crippen LogP contribution in [0.1, 0.15) is 22.3 Å². The predicted octanol–water partition coefficient (Wildman–Crippen LogP) is 4.64. The van der Waals surface area contributed by atoms with Gasteiger partial charge in [-0.2, -0.15) is 0 Å². The number of rotatable bonds is 7.